The number of hydrogen-bond acceptors (Lipinski definition) is 5. The van der Waals surface area contributed by atoms with Gasteiger partial charge in [0.25, 0.3) is 11.6 Å². The molecular weight excluding hydrogens is 298 g/mol. The summed E-state index contributed by atoms with van der Waals surface area (Å²) < 4.78 is 5.05. The number of rotatable bonds is 8. The van der Waals surface area contributed by atoms with Gasteiger partial charge < -0.3 is 15.4 Å². The van der Waals surface area contributed by atoms with Crippen molar-refractivity contribution in [2.45, 2.75) is 13.3 Å². The number of carbonyl (C=O) groups excluding carboxylic acids is 1. The molecule has 118 valence electrons. The quantitative estimate of drug-likeness (QED) is 0.433. The maximum atomic E-state index is 12.0. The maximum absolute atomic E-state index is 12.0. The third kappa shape index (κ3) is 5.97. The van der Waals surface area contributed by atoms with E-state index in [0.29, 0.717) is 18.8 Å². The molecular formula is C13H20ClN3O4. The van der Waals surface area contributed by atoms with Gasteiger partial charge in [-0.15, -0.1) is 12.4 Å². The maximum Gasteiger partial charge on any atom is 0.270 e. The minimum Gasteiger partial charge on any atom is -0.496 e. The van der Waals surface area contributed by atoms with Crippen LogP contribution in [0.4, 0.5) is 5.69 Å². The molecule has 0 saturated carbocycles. The first-order valence-corrected chi connectivity index (χ1v) is 6.41. The van der Waals surface area contributed by atoms with Crippen molar-refractivity contribution in [2.75, 3.05) is 26.7 Å². The van der Waals surface area contributed by atoms with E-state index >= 15 is 0 Å². The van der Waals surface area contributed by atoms with Crippen LogP contribution in [-0.4, -0.2) is 37.6 Å². The van der Waals surface area contributed by atoms with Crippen molar-refractivity contribution in [1.29, 1.82) is 0 Å². The number of halogens is 1. The molecule has 0 bridgehead atoms. The molecule has 0 aliphatic rings. The van der Waals surface area contributed by atoms with Crippen LogP contribution in [0.5, 0.6) is 5.75 Å². The second-order valence-electron chi connectivity index (χ2n) is 4.15. The molecule has 0 aromatic heterocycles. The lowest BCUT2D eigenvalue weighted by atomic mass is 10.1. The number of nitrogens with one attached hydrogen (secondary N) is 2. The average Bonchev–Trinajstić information content (AvgIpc) is 2.46. The normalized spacial score (nSPS) is 9.62. The van der Waals surface area contributed by atoms with Crippen molar-refractivity contribution < 1.29 is 14.5 Å². The van der Waals surface area contributed by atoms with Crippen molar-refractivity contribution in [3.8, 4) is 5.75 Å². The fourth-order valence-corrected chi connectivity index (χ4v) is 1.65. The van der Waals surface area contributed by atoms with Gasteiger partial charge in [0, 0.05) is 25.2 Å². The lowest BCUT2D eigenvalue weighted by Crippen LogP contribution is -2.32. The van der Waals surface area contributed by atoms with Gasteiger partial charge in [-0.2, -0.15) is 0 Å². The van der Waals surface area contributed by atoms with Crippen LogP contribution in [0.1, 0.15) is 23.7 Å². The number of amides is 1. The molecule has 0 heterocycles. The van der Waals surface area contributed by atoms with E-state index in [0.717, 1.165) is 13.0 Å². The zero-order chi connectivity index (χ0) is 15.0. The number of nitro groups is 1. The highest BCUT2D eigenvalue weighted by Gasteiger charge is 2.16. The van der Waals surface area contributed by atoms with E-state index in [2.05, 4.69) is 17.6 Å². The standard InChI is InChI=1S/C13H19N3O4.ClH/c1-3-6-14-7-8-15-13(17)11-9-10(16(18)19)4-5-12(11)20-2;/h4-5,9,14H,3,6-8H2,1-2H3,(H,15,17);1H. The second-order valence-corrected chi connectivity index (χ2v) is 4.15. The summed E-state index contributed by atoms with van der Waals surface area (Å²) in [5, 5.41) is 16.6. The minimum atomic E-state index is -0.543. The highest BCUT2D eigenvalue weighted by Crippen LogP contribution is 2.23. The average molecular weight is 318 g/mol. The lowest BCUT2D eigenvalue weighted by molar-refractivity contribution is -0.384. The van der Waals surface area contributed by atoms with E-state index in [-0.39, 0.29) is 29.6 Å². The number of benzene rings is 1. The molecule has 0 aliphatic heterocycles. The van der Waals surface area contributed by atoms with Gasteiger partial charge in [-0.1, -0.05) is 6.92 Å². The zero-order valence-electron chi connectivity index (χ0n) is 12.0. The molecule has 0 unspecified atom stereocenters. The van der Waals surface area contributed by atoms with Gasteiger partial charge in [-0.05, 0) is 19.0 Å². The molecule has 1 aromatic carbocycles. The van der Waals surface area contributed by atoms with E-state index in [9.17, 15) is 14.9 Å². The monoisotopic (exact) mass is 317 g/mol. The summed E-state index contributed by atoms with van der Waals surface area (Å²) in [4.78, 5) is 22.2. The van der Waals surface area contributed by atoms with Crippen LogP contribution >= 0.6 is 12.4 Å². The molecule has 1 amide bonds. The summed E-state index contributed by atoms with van der Waals surface area (Å²) >= 11 is 0. The van der Waals surface area contributed by atoms with Crippen LogP contribution < -0.4 is 15.4 Å². The van der Waals surface area contributed by atoms with Crippen molar-refractivity contribution in [2.24, 2.45) is 0 Å². The molecule has 0 atom stereocenters. The van der Waals surface area contributed by atoms with E-state index in [4.69, 9.17) is 4.74 Å². The van der Waals surface area contributed by atoms with Crippen LogP contribution in [0.3, 0.4) is 0 Å². The minimum absolute atomic E-state index is 0. The summed E-state index contributed by atoms with van der Waals surface area (Å²) in [5.41, 5.74) is 0.0252. The van der Waals surface area contributed by atoms with E-state index in [1.165, 1.54) is 25.3 Å². The van der Waals surface area contributed by atoms with Gasteiger partial charge in [0.1, 0.15) is 5.75 Å². The molecule has 0 aliphatic carbocycles. The fraction of sp³-hybridized carbons (Fsp3) is 0.462. The molecule has 1 aromatic rings. The molecule has 1 rings (SSSR count). The second kappa shape index (κ2) is 9.95. The predicted molar refractivity (Wildman–Crippen MR) is 82.4 cm³/mol. The van der Waals surface area contributed by atoms with Crippen LogP contribution in [0, 0.1) is 10.1 Å². The number of hydrogen-bond donors (Lipinski definition) is 2. The Balaban J connectivity index is 0.00000400. The van der Waals surface area contributed by atoms with Crippen molar-refractivity contribution in [3.05, 3.63) is 33.9 Å². The smallest absolute Gasteiger partial charge is 0.270 e. The van der Waals surface area contributed by atoms with Gasteiger partial charge in [-0.25, -0.2) is 0 Å². The van der Waals surface area contributed by atoms with E-state index in [1.807, 2.05) is 0 Å². The number of nitrogens with zero attached hydrogens (tertiary/aromatic N) is 1. The van der Waals surface area contributed by atoms with Crippen LogP contribution in [0.15, 0.2) is 18.2 Å². The third-order valence-electron chi connectivity index (χ3n) is 2.65. The highest BCUT2D eigenvalue weighted by atomic mass is 35.5. The first kappa shape index (κ1) is 19.1. The van der Waals surface area contributed by atoms with Gasteiger partial charge in [0.05, 0.1) is 17.6 Å². The Labute approximate surface area is 129 Å². The molecule has 8 heteroatoms. The molecule has 0 fully saturated rings. The summed E-state index contributed by atoms with van der Waals surface area (Å²) in [6, 6.07) is 3.94. The van der Waals surface area contributed by atoms with Crippen LogP contribution in [0.2, 0.25) is 0 Å². The Bertz CT molecular complexity index is 482. The Morgan fingerprint density at radius 3 is 2.62 bits per heavy atom. The Kier molecular flexibility index (Phi) is 9.07. The lowest BCUT2D eigenvalue weighted by Gasteiger charge is -2.09. The molecule has 21 heavy (non-hydrogen) atoms. The van der Waals surface area contributed by atoms with Gasteiger partial charge in [-0.3, -0.25) is 14.9 Å². The zero-order valence-corrected chi connectivity index (χ0v) is 12.9. The highest BCUT2D eigenvalue weighted by molar-refractivity contribution is 5.97. The van der Waals surface area contributed by atoms with Gasteiger partial charge in [0.15, 0.2) is 0 Å². The molecule has 0 radical (unpaired) electrons. The van der Waals surface area contributed by atoms with Crippen molar-refractivity contribution in [1.82, 2.24) is 10.6 Å². The summed E-state index contributed by atoms with van der Waals surface area (Å²) in [7, 11) is 1.42. The van der Waals surface area contributed by atoms with Gasteiger partial charge >= 0.3 is 0 Å². The van der Waals surface area contributed by atoms with Crippen molar-refractivity contribution in [3.63, 3.8) is 0 Å². The van der Waals surface area contributed by atoms with E-state index < -0.39 is 4.92 Å². The van der Waals surface area contributed by atoms with Crippen LogP contribution in [0.25, 0.3) is 0 Å². The van der Waals surface area contributed by atoms with Crippen molar-refractivity contribution >= 4 is 24.0 Å². The first-order valence-electron chi connectivity index (χ1n) is 6.41. The first-order chi connectivity index (χ1) is 9.60. The Morgan fingerprint density at radius 1 is 1.33 bits per heavy atom. The third-order valence-corrected chi connectivity index (χ3v) is 2.65. The number of methoxy groups -OCH3 is 1. The van der Waals surface area contributed by atoms with E-state index in [1.54, 1.807) is 0 Å². The molecule has 7 nitrogen and oxygen atoms in total. The summed E-state index contributed by atoms with van der Waals surface area (Å²) in [5.74, 6) is -0.0709. The molecule has 0 spiro atoms. The van der Waals surface area contributed by atoms with Gasteiger partial charge in [0.2, 0.25) is 0 Å². The largest absolute Gasteiger partial charge is 0.496 e. The SMILES string of the molecule is CCCNCCNC(=O)c1cc([N+](=O)[O-])ccc1OC.Cl. The number of ether oxygens (including phenoxy) is 1. The number of carbonyl (C=O) groups is 1. The Hall–Kier alpha value is -1.86. The van der Waals surface area contributed by atoms with Crippen LogP contribution in [-0.2, 0) is 0 Å². The Morgan fingerprint density at radius 2 is 2.05 bits per heavy atom. The fourth-order valence-electron chi connectivity index (χ4n) is 1.65. The molecule has 2 N–H and O–H groups in total. The number of non-ortho nitro benzene ring substituents is 1. The number of nitro benzene ring substituents is 1. The summed E-state index contributed by atoms with van der Waals surface area (Å²) in [6.07, 6.45) is 1.02. The topological polar surface area (TPSA) is 93.5 Å². The summed E-state index contributed by atoms with van der Waals surface area (Å²) in [6.45, 7) is 4.04. The molecule has 0 saturated heterocycles. The predicted octanol–water partition coefficient (Wildman–Crippen LogP) is 1.75.